The van der Waals surface area contributed by atoms with E-state index in [2.05, 4.69) is 4.98 Å². The first-order chi connectivity index (χ1) is 13.9. The highest BCUT2D eigenvalue weighted by Gasteiger charge is 2.24. The van der Waals surface area contributed by atoms with E-state index in [1.807, 2.05) is 60.7 Å². The Balaban J connectivity index is 1.97. The second kappa shape index (κ2) is 7.46. The van der Waals surface area contributed by atoms with Crippen molar-refractivity contribution in [1.82, 2.24) is 4.98 Å². The van der Waals surface area contributed by atoms with Crippen molar-refractivity contribution in [3.05, 3.63) is 96.6 Å². The number of primary sulfonamides is 1. The van der Waals surface area contributed by atoms with Crippen LogP contribution in [0.4, 0.5) is 11.4 Å². The number of hydrogen-bond acceptors (Lipinski definition) is 4. The van der Waals surface area contributed by atoms with E-state index >= 15 is 0 Å². The Morgan fingerprint density at radius 1 is 0.793 bits per heavy atom. The standard InChI is InChI=1S/C22H17N3O3S/c23-29(27,28)21-15-19(18-13-7-8-14-20(18)24-21)22(26)25(16-9-3-1-4-10-16)17-11-5-2-6-12-17/h1-15H,(H2,23,27,28). The highest BCUT2D eigenvalue weighted by Crippen LogP contribution is 2.30. The van der Waals surface area contributed by atoms with E-state index in [-0.39, 0.29) is 16.5 Å². The van der Waals surface area contributed by atoms with E-state index in [9.17, 15) is 13.2 Å². The first-order valence-corrected chi connectivity index (χ1v) is 10.4. The Bertz CT molecular complexity index is 1250. The van der Waals surface area contributed by atoms with Crippen molar-refractivity contribution >= 4 is 38.2 Å². The van der Waals surface area contributed by atoms with E-state index in [4.69, 9.17) is 5.14 Å². The van der Waals surface area contributed by atoms with E-state index in [0.29, 0.717) is 22.3 Å². The fourth-order valence-electron chi connectivity index (χ4n) is 3.13. The number of nitrogens with two attached hydrogens (primary N) is 1. The van der Waals surface area contributed by atoms with Crippen molar-refractivity contribution in [2.75, 3.05) is 4.90 Å². The Morgan fingerprint density at radius 2 is 1.31 bits per heavy atom. The van der Waals surface area contributed by atoms with Crippen molar-refractivity contribution in [3.8, 4) is 0 Å². The second-order valence-corrected chi connectivity index (χ2v) is 7.89. The number of hydrogen-bond donors (Lipinski definition) is 1. The first kappa shape index (κ1) is 18.8. The van der Waals surface area contributed by atoms with Crippen molar-refractivity contribution in [2.24, 2.45) is 5.14 Å². The molecule has 0 unspecified atom stereocenters. The molecule has 4 rings (SSSR count). The van der Waals surface area contributed by atoms with E-state index in [1.165, 1.54) is 11.0 Å². The van der Waals surface area contributed by atoms with Crippen LogP contribution in [0.25, 0.3) is 10.9 Å². The average Bonchev–Trinajstić information content (AvgIpc) is 2.74. The lowest BCUT2D eigenvalue weighted by Gasteiger charge is -2.24. The molecule has 6 nitrogen and oxygen atoms in total. The van der Waals surface area contributed by atoms with Gasteiger partial charge in [0.2, 0.25) is 0 Å². The molecule has 0 saturated heterocycles. The molecule has 29 heavy (non-hydrogen) atoms. The maximum atomic E-state index is 13.7. The number of para-hydroxylation sites is 3. The SMILES string of the molecule is NS(=O)(=O)c1cc(C(=O)N(c2ccccc2)c2ccccc2)c2ccccc2n1. The number of anilines is 2. The largest absolute Gasteiger partial charge is 0.277 e. The second-order valence-electron chi connectivity index (χ2n) is 6.38. The van der Waals surface area contributed by atoms with Gasteiger partial charge in [-0.3, -0.25) is 9.69 Å². The number of aromatic nitrogens is 1. The van der Waals surface area contributed by atoms with Crippen molar-refractivity contribution in [2.45, 2.75) is 5.03 Å². The third-order valence-corrected chi connectivity index (χ3v) is 5.24. The molecule has 0 radical (unpaired) electrons. The van der Waals surface area contributed by atoms with Gasteiger partial charge in [-0.15, -0.1) is 0 Å². The van der Waals surface area contributed by atoms with E-state index in [1.54, 1.807) is 24.3 Å². The third kappa shape index (κ3) is 3.73. The number of pyridine rings is 1. The fourth-order valence-corrected chi connectivity index (χ4v) is 3.64. The number of amides is 1. The minimum absolute atomic E-state index is 0.201. The predicted octanol–water partition coefficient (Wildman–Crippen LogP) is 3.86. The summed E-state index contributed by atoms with van der Waals surface area (Å²) in [6.45, 7) is 0. The summed E-state index contributed by atoms with van der Waals surface area (Å²) in [5.41, 5.74) is 1.89. The molecular formula is C22H17N3O3S. The van der Waals surface area contributed by atoms with Crippen molar-refractivity contribution < 1.29 is 13.2 Å². The van der Waals surface area contributed by atoms with Gasteiger partial charge < -0.3 is 0 Å². The van der Waals surface area contributed by atoms with Crippen LogP contribution in [0.2, 0.25) is 0 Å². The molecule has 1 amide bonds. The van der Waals surface area contributed by atoms with Gasteiger partial charge in [0.15, 0.2) is 5.03 Å². The minimum atomic E-state index is -4.09. The molecule has 0 spiro atoms. The molecular weight excluding hydrogens is 386 g/mol. The molecule has 2 N–H and O–H groups in total. The van der Waals surface area contributed by atoms with Gasteiger partial charge in [-0.25, -0.2) is 18.5 Å². The monoisotopic (exact) mass is 403 g/mol. The molecule has 7 heteroatoms. The van der Waals surface area contributed by atoms with Crippen LogP contribution in [0.1, 0.15) is 10.4 Å². The van der Waals surface area contributed by atoms with Crippen LogP contribution in [-0.2, 0) is 10.0 Å². The van der Waals surface area contributed by atoms with Crippen LogP contribution >= 0.6 is 0 Å². The first-order valence-electron chi connectivity index (χ1n) is 8.82. The lowest BCUT2D eigenvalue weighted by atomic mass is 10.1. The fraction of sp³-hybridized carbons (Fsp3) is 0. The van der Waals surface area contributed by atoms with Gasteiger partial charge in [0, 0.05) is 16.8 Å². The maximum absolute atomic E-state index is 13.7. The van der Waals surface area contributed by atoms with Crippen LogP contribution < -0.4 is 10.0 Å². The molecule has 0 atom stereocenters. The summed E-state index contributed by atoms with van der Waals surface area (Å²) in [5.74, 6) is -0.383. The molecule has 0 bridgehead atoms. The Hall–Kier alpha value is -3.55. The zero-order valence-electron chi connectivity index (χ0n) is 15.3. The zero-order chi connectivity index (χ0) is 20.4. The Morgan fingerprint density at radius 3 is 1.86 bits per heavy atom. The van der Waals surface area contributed by atoms with Gasteiger partial charge in [-0.1, -0.05) is 54.6 Å². The van der Waals surface area contributed by atoms with Gasteiger partial charge in [-0.05, 0) is 36.4 Å². The molecule has 0 saturated carbocycles. The molecule has 1 aromatic heterocycles. The Kier molecular flexibility index (Phi) is 4.84. The minimum Gasteiger partial charge on any atom is -0.277 e. The summed E-state index contributed by atoms with van der Waals surface area (Å²) in [6.07, 6.45) is 0. The van der Waals surface area contributed by atoms with Gasteiger partial charge in [0.1, 0.15) is 0 Å². The van der Waals surface area contributed by atoms with Crippen LogP contribution in [0.5, 0.6) is 0 Å². The van der Waals surface area contributed by atoms with Crippen molar-refractivity contribution in [1.29, 1.82) is 0 Å². The molecule has 144 valence electrons. The highest BCUT2D eigenvalue weighted by atomic mass is 32.2. The molecule has 0 aliphatic carbocycles. The molecule has 0 aliphatic rings. The summed E-state index contributed by atoms with van der Waals surface area (Å²) in [6, 6.07) is 26.4. The quantitative estimate of drug-likeness (QED) is 0.560. The van der Waals surface area contributed by atoms with Crippen LogP contribution in [0.15, 0.2) is 96.0 Å². The van der Waals surface area contributed by atoms with Gasteiger partial charge in [-0.2, -0.15) is 0 Å². The Labute approximate surface area is 168 Å². The predicted molar refractivity (Wildman–Crippen MR) is 112 cm³/mol. The average molecular weight is 403 g/mol. The van der Waals surface area contributed by atoms with E-state index < -0.39 is 10.0 Å². The lowest BCUT2D eigenvalue weighted by Crippen LogP contribution is -2.27. The molecule has 0 fully saturated rings. The summed E-state index contributed by atoms with van der Waals surface area (Å²) in [4.78, 5) is 19.3. The highest BCUT2D eigenvalue weighted by molar-refractivity contribution is 7.89. The summed E-state index contributed by atoms with van der Waals surface area (Å²) in [7, 11) is -4.09. The number of rotatable bonds is 4. The van der Waals surface area contributed by atoms with Crippen molar-refractivity contribution in [3.63, 3.8) is 0 Å². The molecule has 0 aliphatic heterocycles. The van der Waals surface area contributed by atoms with E-state index in [0.717, 1.165) is 0 Å². The van der Waals surface area contributed by atoms with Gasteiger partial charge in [0.25, 0.3) is 15.9 Å². The lowest BCUT2D eigenvalue weighted by molar-refractivity contribution is 0.100. The number of sulfonamides is 1. The summed E-state index contributed by atoms with van der Waals surface area (Å²) < 4.78 is 23.9. The number of nitrogens with zero attached hydrogens (tertiary/aromatic N) is 2. The summed E-state index contributed by atoms with van der Waals surface area (Å²) >= 11 is 0. The van der Waals surface area contributed by atoms with Gasteiger partial charge in [0.05, 0.1) is 11.1 Å². The topological polar surface area (TPSA) is 93.4 Å². The number of fused-ring (bicyclic) bond motifs is 1. The number of benzene rings is 3. The zero-order valence-corrected chi connectivity index (χ0v) is 16.1. The van der Waals surface area contributed by atoms with Crippen LogP contribution in [0.3, 0.4) is 0 Å². The summed E-state index contributed by atoms with van der Waals surface area (Å²) in [5, 5.41) is 5.50. The number of carbonyl (C=O) groups excluding carboxylic acids is 1. The van der Waals surface area contributed by atoms with Crippen LogP contribution in [-0.4, -0.2) is 19.3 Å². The van der Waals surface area contributed by atoms with Crippen LogP contribution in [0, 0.1) is 0 Å². The molecule has 4 aromatic rings. The molecule has 1 heterocycles. The number of carbonyl (C=O) groups is 1. The normalized spacial score (nSPS) is 11.3. The molecule has 3 aromatic carbocycles. The third-order valence-electron chi connectivity index (χ3n) is 4.45. The smallest absolute Gasteiger partial charge is 0.263 e. The van der Waals surface area contributed by atoms with Gasteiger partial charge >= 0.3 is 0 Å². The maximum Gasteiger partial charge on any atom is 0.263 e.